The minimum atomic E-state index is -0.468. The Balaban J connectivity index is 1.71. The van der Waals surface area contributed by atoms with E-state index in [2.05, 4.69) is 4.90 Å². The Hall–Kier alpha value is -2.67. The zero-order valence-corrected chi connectivity index (χ0v) is 15.7. The molecule has 1 fully saturated rings. The summed E-state index contributed by atoms with van der Waals surface area (Å²) in [6, 6.07) is 15.5. The van der Waals surface area contributed by atoms with E-state index in [1.165, 1.54) is 42.4 Å². The molecule has 1 aliphatic rings. The SMILES string of the molecule is O=C(CSC(=Nc1ccccc1)N1CCCCC1)c1ccc([N+](=O)[O-])cc1. The molecular formula is C20H21N3O3S. The average molecular weight is 383 g/mol. The molecule has 3 rings (SSSR count). The summed E-state index contributed by atoms with van der Waals surface area (Å²) in [5.74, 6) is 0.188. The van der Waals surface area contributed by atoms with Crippen molar-refractivity contribution in [1.82, 2.24) is 4.90 Å². The van der Waals surface area contributed by atoms with Gasteiger partial charge in [-0.15, -0.1) is 0 Å². The highest BCUT2D eigenvalue weighted by atomic mass is 32.2. The Kier molecular flexibility index (Phi) is 6.59. The number of benzene rings is 2. The van der Waals surface area contributed by atoms with E-state index in [1.54, 1.807) is 0 Å². The van der Waals surface area contributed by atoms with Crippen LogP contribution in [0.1, 0.15) is 29.6 Å². The van der Waals surface area contributed by atoms with Crippen LogP contribution in [0.2, 0.25) is 0 Å². The van der Waals surface area contributed by atoms with Gasteiger partial charge in [0.1, 0.15) is 0 Å². The number of nitro groups is 1. The van der Waals surface area contributed by atoms with Crippen LogP contribution in [-0.2, 0) is 0 Å². The van der Waals surface area contributed by atoms with E-state index < -0.39 is 4.92 Å². The van der Waals surface area contributed by atoms with Crippen molar-refractivity contribution in [3.05, 3.63) is 70.3 Å². The van der Waals surface area contributed by atoms with Crippen molar-refractivity contribution >= 4 is 34.1 Å². The van der Waals surface area contributed by atoms with E-state index >= 15 is 0 Å². The molecule has 2 aromatic rings. The summed E-state index contributed by atoms with van der Waals surface area (Å²) in [5.41, 5.74) is 1.33. The molecule has 0 amide bonds. The number of hydrogen-bond acceptors (Lipinski definition) is 5. The number of aliphatic imine (C=N–C) groups is 1. The summed E-state index contributed by atoms with van der Waals surface area (Å²) in [5, 5.41) is 11.6. The Labute approximate surface area is 162 Å². The van der Waals surface area contributed by atoms with Crippen molar-refractivity contribution in [2.75, 3.05) is 18.8 Å². The van der Waals surface area contributed by atoms with Crippen LogP contribution in [0.25, 0.3) is 0 Å². The number of carbonyl (C=O) groups excluding carboxylic acids is 1. The van der Waals surface area contributed by atoms with Crippen LogP contribution in [0.5, 0.6) is 0 Å². The second-order valence-electron chi connectivity index (χ2n) is 6.29. The first-order valence-electron chi connectivity index (χ1n) is 8.92. The first kappa shape index (κ1) is 19.1. The van der Waals surface area contributed by atoms with Crippen LogP contribution in [0, 0.1) is 10.1 Å². The van der Waals surface area contributed by atoms with Crippen molar-refractivity contribution in [1.29, 1.82) is 0 Å². The molecular weight excluding hydrogens is 362 g/mol. The number of carbonyl (C=O) groups is 1. The molecule has 0 N–H and O–H groups in total. The Morgan fingerprint density at radius 3 is 2.33 bits per heavy atom. The smallest absolute Gasteiger partial charge is 0.269 e. The van der Waals surface area contributed by atoms with Crippen molar-refractivity contribution in [2.24, 2.45) is 4.99 Å². The van der Waals surface area contributed by atoms with Gasteiger partial charge in [0.05, 0.1) is 16.4 Å². The fraction of sp³-hybridized carbons (Fsp3) is 0.300. The first-order valence-corrected chi connectivity index (χ1v) is 9.91. The summed E-state index contributed by atoms with van der Waals surface area (Å²) in [6.45, 7) is 1.90. The van der Waals surface area contributed by atoms with Gasteiger partial charge in [0.2, 0.25) is 0 Å². The highest BCUT2D eigenvalue weighted by Crippen LogP contribution is 2.22. The molecule has 0 saturated carbocycles. The molecule has 0 radical (unpaired) electrons. The van der Waals surface area contributed by atoms with Gasteiger partial charge in [-0.2, -0.15) is 0 Å². The lowest BCUT2D eigenvalue weighted by Gasteiger charge is -2.29. The van der Waals surface area contributed by atoms with Gasteiger partial charge in [-0.1, -0.05) is 30.0 Å². The van der Waals surface area contributed by atoms with Gasteiger partial charge in [0.15, 0.2) is 11.0 Å². The largest absolute Gasteiger partial charge is 0.351 e. The maximum Gasteiger partial charge on any atom is 0.269 e. The summed E-state index contributed by atoms with van der Waals surface area (Å²) >= 11 is 1.43. The second-order valence-corrected chi connectivity index (χ2v) is 7.24. The standard InChI is InChI=1S/C20H21N3O3S/c24-19(16-9-11-18(12-10-16)23(25)26)15-27-20(22-13-5-2-6-14-22)21-17-7-3-1-4-8-17/h1,3-4,7-12H,2,5-6,13-15H2. The quantitative estimate of drug-likeness (QED) is 0.246. The molecule has 1 aliphatic heterocycles. The number of Topliss-reactive ketones (excluding diaryl/α,β-unsaturated/α-hetero) is 1. The van der Waals surface area contributed by atoms with E-state index in [9.17, 15) is 14.9 Å². The van der Waals surface area contributed by atoms with Crippen LogP contribution < -0.4 is 0 Å². The summed E-state index contributed by atoms with van der Waals surface area (Å²) in [7, 11) is 0. The lowest BCUT2D eigenvalue weighted by atomic mass is 10.1. The van der Waals surface area contributed by atoms with E-state index in [1.807, 2.05) is 30.3 Å². The highest BCUT2D eigenvalue weighted by Gasteiger charge is 2.18. The lowest BCUT2D eigenvalue weighted by molar-refractivity contribution is -0.384. The number of amidine groups is 1. The van der Waals surface area contributed by atoms with Crippen LogP contribution in [-0.4, -0.2) is 39.6 Å². The third-order valence-electron chi connectivity index (χ3n) is 4.34. The first-order chi connectivity index (χ1) is 13.1. The van der Waals surface area contributed by atoms with Gasteiger partial charge in [-0.05, 0) is 43.5 Å². The van der Waals surface area contributed by atoms with Crippen LogP contribution in [0.3, 0.4) is 0 Å². The van der Waals surface area contributed by atoms with Crippen molar-refractivity contribution < 1.29 is 9.72 Å². The number of non-ortho nitro benzene ring substituents is 1. The Morgan fingerprint density at radius 1 is 1.04 bits per heavy atom. The van der Waals surface area contributed by atoms with E-state index in [0.717, 1.165) is 36.8 Å². The van der Waals surface area contributed by atoms with Gasteiger partial charge in [0.25, 0.3) is 5.69 Å². The molecule has 0 atom stereocenters. The maximum atomic E-state index is 12.5. The van der Waals surface area contributed by atoms with E-state index in [0.29, 0.717) is 5.56 Å². The molecule has 0 spiro atoms. The minimum Gasteiger partial charge on any atom is -0.351 e. The molecule has 0 aromatic heterocycles. The number of piperidine rings is 1. The number of hydrogen-bond donors (Lipinski definition) is 0. The third kappa shape index (κ3) is 5.40. The van der Waals surface area contributed by atoms with E-state index in [4.69, 9.17) is 4.99 Å². The van der Waals surface area contributed by atoms with Crippen molar-refractivity contribution in [2.45, 2.75) is 19.3 Å². The minimum absolute atomic E-state index is 0.0150. The number of rotatable bonds is 5. The molecule has 0 aliphatic carbocycles. The van der Waals surface area contributed by atoms with Crippen molar-refractivity contribution in [3.8, 4) is 0 Å². The number of nitro benzene ring substituents is 1. The molecule has 0 unspecified atom stereocenters. The Morgan fingerprint density at radius 2 is 1.70 bits per heavy atom. The zero-order valence-electron chi connectivity index (χ0n) is 14.9. The molecule has 0 bridgehead atoms. The fourth-order valence-electron chi connectivity index (χ4n) is 2.87. The number of nitrogens with zero attached hydrogens (tertiary/aromatic N) is 3. The van der Waals surface area contributed by atoms with E-state index in [-0.39, 0.29) is 17.2 Å². The fourth-order valence-corrected chi connectivity index (χ4v) is 3.84. The van der Waals surface area contributed by atoms with Gasteiger partial charge < -0.3 is 4.90 Å². The lowest BCUT2D eigenvalue weighted by Crippen LogP contribution is -2.34. The number of likely N-dealkylation sites (tertiary alicyclic amines) is 1. The molecule has 1 saturated heterocycles. The topological polar surface area (TPSA) is 75.8 Å². The summed E-state index contributed by atoms with van der Waals surface area (Å²) in [4.78, 5) is 29.8. The zero-order chi connectivity index (χ0) is 19.1. The molecule has 27 heavy (non-hydrogen) atoms. The predicted molar refractivity (Wildman–Crippen MR) is 109 cm³/mol. The van der Waals surface area contributed by atoms with Crippen molar-refractivity contribution in [3.63, 3.8) is 0 Å². The Bertz CT molecular complexity index is 816. The summed E-state index contributed by atoms with van der Waals surface area (Å²) < 4.78 is 0. The highest BCUT2D eigenvalue weighted by molar-refractivity contribution is 8.14. The molecule has 2 aromatic carbocycles. The van der Waals surface area contributed by atoms with Gasteiger partial charge in [0, 0.05) is 30.8 Å². The summed E-state index contributed by atoms with van der Waals surface area (Å²) in [6.07, 6.45) is 3.48. The van der Waals surface area contributed by atoms with Crippen LogP contribution >= 0.6 is 11.8 Å². The average Bonchev–Trinajstić information content (AvgIpc) is 2.72. The molecule has 7 heteroatoms. The van der Waals surface area contributed by atoms with Crippen LogP contribution in [0.15, 0.2) is 59.6 Å². The monoisotopic (exact) mass is 383 g/mol. The molecule has 1 heterocycles. The molecule has 6 nitrogen and oxygen atoms in total. The molecule has 140 valence electrons. The second kappa shape index (κ2) is 9.32. The predicted octanol–water partition coefficient (Wildman–Crippen LogP) is 4.68. The number of para-hydroxylation sites is 1. The number of ketones is 1. The maximum absolute atomic E-state index is 12.5. The normalized spacial score (nSPS) is 14.8. The number of thioether (sulfide) groups is 1. The van der Waals surface area contributed by atoms with Gasteiger partial charge in [-0.3, -0.25) is 14.9 Å². The van der Waals surface area contributed by atoms with Gasteiger partial charge >= 0.3 is 0 Å². The van der Waals surface area contributed by atoms with Gasteiger partial charge in [-0.25, -0.2) is 4.99 Å². The van der Waals surface area contributed by atoms with Crippen LogP contribution in [0.4, 0.5) is 11.4 Å². The third-order valence-corrected chi connectivity index (χ3v) is 5.35.